The maximum atomic E-state index is 12.8. The van der Waals surface area contributed by atoms with Crippen LogP contribution in [-0.2, 0) is 17.6 Å². The van der Waals surface area contributed by atoms with Gasteiger partial charge in [-0.3, -0.25) is 9.59 Å². The van der Waals surface area contributed by atoms with Gasteiger partial charge in [0, 0.05) is 17.5 Å². The van der Waals surface area contributed by atoms with Crippen LogP contribution in [0.5, 0.6) is 23.0 Å². The number of hydrogen-bond acceptors (Lipinski definition) is 7. The van der Waals surface area contributed by atoms with Crippen molar-refractivity contribution in [2.45, 2.75) is 91.1 Å². The van der Waals surface area contributed by atoms with Gasteiger partial charge in [-0.1, -0.05) is 39.5 Å². The van der Waals surface area contributed by atoms with E-state index in [2.05, 4.69) is 0 Å². The van der Waals surface area contributed by atoms with E-state index in [0.29, 0.717) is 59.8 Å². The summed E-state index contributed by atoms with van der Waals surface area (Å²) >= 11 is 0. The number of carbonyl (C=O) groups is 3. The third-order valence-electron chi connectivity index (χ3n) is 6.86. The topological polar surface area (TPSA) is 119 Å². The maximum Gasteiger partial charge on any atom is 0.341 e. The number of phenols is 1. The van der Waals surface area contributed by atoms with E-state index in [-0.39, 0.29) is 23.4 Å². The molecule has 0 saturated carbocycles. The Bertz CT molecular complexity index is 1170. The number of carboxylic acid groups (broad SMARTS) is 1. The van der Waals surface area contributed by atoms with E-state index in [9.17, 15) is 19.5 Å². The number of phenolic OH excluding ortho intramolecular Hbond substituents is 1. The molecule has 8 heteroatoms. The Balaban J connectivity index is 1.49. The number of carboxylic acids is 1. The molecular weight excluding hydrogens is 500 g/mol. The number of rotatable bonds is 16. The first-order chi connectivity index (χ1) is 18.8. The zero-order valence-corrected chi connectivity index (χ0v) is 23.2. The average molecular weight is 541 g/mol. The first-order valence-electron chi connectivity index (χ1n) is 14.0. The standard InChI is InChI=1S/C31H40O8/c1-4-10-24-27(15-13-22(20(3)32)30(24)36)37-17-9-7-6-8-12-21-18-26(33)23-14-16-28(38-19-29(34)35)25(11-5-2)31(23)39-21/h13-16,21,36H,4-12,17-19H2,1-3H3,(H,34,35). The zero-order chi connectivity index (χ0) is 28.4. The van der Waals surface area contributed by atoms with Crippen LogP contribution >= 0.6 is 0 Å². The van der Waals surface area contributed by atoms with Crippen LogP contribution in [0.3, 0.4) is 0 Å². The smallest absolute Gasteiger partial charge is 0.341 e. The molecule has 39 heavy (non-hydrogen) atoms. The molecule has 0 amide bonds. The summed E-state index contributed by atoms with van der Waals surface area (Å²) in [6, 6.07) is 6.72. The summed E-state index contributed by atoms with van der Waals surface area (Å²) in [7, 11) is 0. The highest BCUT2D eigenvalue weighted by Gasteiger charge is 2.29. The number of fused-ring (bicyclic) bond motifs is 1. The highest BCUT2D eigenvalue weighted by molar-refractivity contribution is 6.00. The van der Waals surface area contributed by atoms with Crippen molar-refractivity contribution in [2.24, 2.45) is 0 Å². The Hall–Kier alpha value is -3.55. The quantitative estimate of drug-likeness (QED) is 0.187. The molecular formula is C31H40O8. The summed E-state index contributed by atoms with van der Waals surface area (Å²) in [5, 5.41) is 19.5. The van der Waals surface area contributed by atoms with Gasteiger partial charge >= 0.3 is 5.97 Å². The molecule has 0 radical (unpaired) electrons. The molecule has 1 aliphatic heterocycles. The van der Waals surface area contributed by atoms with Gasteiger partial charge in [-0.2, -0.15) is 0 Å². The monoisotopic (exact) mass is 540 g/mol. The fraction of sp³-hybridized carbons (Fsp3) is 0.516. The summed E-state index contributed by atoms with van der Waals surface area (Å²) in [5.74, 6) is 0.459. The van der Waals surface area contributed by atoms with Gasteiger partial charge in [-0.05, 0) is 63.3 Å². The Morgan fingerprint density at radius 3 is 2.31 bits per heavy atom. The van der Waals surface area contributed by atoms with Crippen LogP contribution in [0, 0.1) is 0 Å². The van der Waals surface area contributed by atoms with E-state index in [4.69, 9.17) is 19.3 Å². The summed E-state index contributed by atoms with van der Waals surface area (Å²) in [5.41, 5.74) is 2.31. The number of ether oxygens (including phenoxy) is 3. The normalized spacial score (nSPS) is 14.4. The van der Waals surface area contributed by atoms with Crippen LogP contribution in [0.2, 0.25) is 0 Å². The van der Waals surface area contributed by atoms with E-state index < -0.39 is 12.6 Å². The SMILES string of the molecule is CCCc1c(OCCCCCCC2CC(=O)c3ccc(OCC(=O)O)c(CCC)c3O2)ccc(C(C)=O)c1O. The molecule has 2 aromatic carbocycles. The molecule has 2 aromatic rings. The fourth-order valence-corrected chi connectivity index (χ4v) is 4.95. The molecule has 0 bridgehead atoms. The summed E-state index contributed by atoms with van der Waals surface area (Å²) < 4.78 is 17.7. The van der Waals surface area contributed by atoms with Crippen LogP contribution in [0.1, 0.15) is 104 Å². The molecule has 0 saturated heterocycles. The number of hydrogen-bond donors (Lipinski definition) is 2. The van der Waals surface area contributed by atoms with Crippen LogP contribution in [0.4, 0.5) is 0 Å². The molecule has 1 unspecified atom stereocenters. The van der Waals surface area contributed by atoms with Crippen LogP contribution in [-0.4, -0.2) is 47.1 Å². The van der Waals surface area contributed by atoms with Crippen molar-refractivity contribution in [1.82, 2.24) is 0 Å². The van der Waals surface area contributed by atoms with Crippen LogP contribution in [0.25, 0.3) is 0 Å². The molecule has 0 fully saturated rings. The lowest BCUT2D eigenvalue weighted by atomic mass is 9.93. The first-order valence-corrected chi connectivity index (χ1v) is 14.0. The number of benzene rings is 2. The lowest BCUT2D eigenvalue weighted by molar-refractivity contribution is -0.139. The molecule has 0 spiro atoms. The van der Waals surface area contributed by atoms with Gasteiger partial charge < -0.3 is 24.4 Å². The predicted molar refractivity (Wildman–Crippen MR) is 148 cm³/mol. The fourth-order valence-electron chi connectivity index (χ4n) is 4.95. The highest BCUT2D eigenvalue weighted by Crippen LogP contribution is 2.39. The van der Waals surface area contributed by atoms with Crippen molar-refractivity contribution < 1.29 is 38.8 Å². The Kier molecular flexibility index (Phi) is 11.2. The Labute approximate surface area is 230 Å². The second-order valence-corrected chi connectivity index (χ2v) is 10.0. The van der Waals surface area contributed by atoms with E-state index in [1.54, 1.807) is 24.3 Å². The minimum atomic E-state index is -1.05. The van der Waals surface area contributed by atoms with Crippen molar-refractivity contribution in [3.8, 4) is 23.0 Å². The Morgan fingerprint density at radius 2 is 1.62 bits per heavy atom. The van der Waals surface area contributed by atoms with Crippen molar-refractivity contribution in [1.29, 1.82) is 0 Å². The van der Waals surface area contributed by atoms with E-state index >= 15 is 0 Å². The van der Waals surface area contributed by atoms with Crippen LogP contribution in [0.15, 0.2) is 24.3 Å². The largest absolute Gasteiger partial charge is 0.507 e. The van der Waals surface area contributed by atoms with E-state index in [1.807, 2.05) is 13.8 Å². The number of aromatic hydroxyl groups is 1. The molecule has 0 aliphatic carbocycles. The van der Waals surface area contributed by atoms with Gasteiger partial charge in [0.05, 0.1) is 17.7 Å². The molecule has 2 N–H and O–H groups in total. The van der Waals surface area contributed by atoms with E-state index in [1.165, 1.54) is 6.92 Å². The van der Waals surface area contributed by atoms with Gasteiger partial charge in [0.15, 0.2) is 18.2 Å². The third-order valence-corrected chi connectivity index (χ3v) is 6.86. The molecule has 0 aromatic heterocycles. The summed E-state index contributed by atoms with van der Waals surface area (Å²) in [6.07, 6.45) is 7.44. The first kappa shape index (κ1) is 30.0. The highest BCUT2D eigenvalue weighted by atomic mass is 16.5. The van der Waals surface area contributed by atoms with Gasteiger partial charge in [0.1, 0.15) is 29.1 Å². The summed E-state index contributed by atoms with van der Waals surface area (Å²) in [4.78, 5) is 35.5. The summed E-state index contributed by atoms with van der Waals surface area (Å²) in [6.45, 7) is 5.54. The third kappa shape index (κ3) is 7.97. The number of aliphatic carboxylic acids is 1. The van der Waals surface area contributed by atoms with Crippen LogP contribution < -0.4 is 14.2 Å². The average Bonchev–Trinajstić information content (AvgIpc) is 2.89. The minimum Gasteiger partial charge on any atom is -0.507 e. The molecule has 8 nitrogen and oxygen atoms in total. The van der Waals surface area contributed by atoms with Crippen molar-refractivity contribution >= 4 is 17.5 Å². The molecule has 212 valence electrons. The van der Waals surface area contributed by atoms with Crippen molar-refractivity contribution in [3.63, 3.8) is 0 Å². The second-order valence-electron chi connectivity index (χ2n) is 10.0. The van der Waals surface area contributed by atoms with Gasteiger partial charge in [0.25, 0.3) is 0 Å². The molecule has 1 aliphatic rings. The number of unbranched alkanes of at least 4 members (excludes halogenated alkanes) is 3. The number of Topliss-reactive ketones (excluding diaryl/α,β-unsaturated/α-hetero) is 2. The number of carbonyl (C=O) groups excluding carboxylic acids is 2. The van der Waals surface area contributed by atoms with Crippen molar-refractivity contribution in [3.05, 3.63) is 46.5 Å². The van der Waals surface area contributed by atoms with E-state index in [0.717, 1.165) is 50.5 Å². The minimum absolute atomic E-state index is 0.0214. The molecule has 1 heterocycles. The lowest BCUT2D eigenvalue weighted by Gasteiger charge is -2.28. The van der Waals surface area contributed by atoms with Crippen molar-refractivity contribution in [2.75, 3.05) is 13.2 Å². The van der Waals surface area contributed by atoms with Gasteiger partial charge in [-0.25, -0.2) is 4.79 Å². The lowest BCUT2D eigenvalue weighted by Crippen LogP contribution is -2.28. The molecule has 3 rings (SSSR count). The zero-order valence-electron chi connectivity index (χ0n) is 23.2. The number of ketones is 2. The Morgan fingerprint density at radius 1 is 0.949 bits per heavy atom. The van der Waals surface area contributed by atoms with Gasteiger partial charge in [0.2, 0.25) is 0 Å². The predicted octanol–water partition coefficient (Wildman–Crippen LogP) is 6.33. The van der Waals surface area contributed by atoms with Gasteiger partial charge in [-0.15, -0.1) is 0 Å². The second kappa shape index (κ2) is 14.6. The molecule has 1 atom stereocenters. The maximum absolute atomic E-state index is 12.8.